The molecule has 2 aromatic rings. The summed E-state index contributed by atoms with van der Waals surface area (Å²) in [5.74, 6) is 0. The molecule has 0 bridgehead atoms. The second kappa shape index (κ2) is 4.39. The van der Waals surface area contributed by atoms with Crippen molar-refractivity contribution < 1.29 is 5.11 Å². The van der Waals surface area contributed by atoms with E-state index in [1.165, 1.54) is 41.0 Å². The molecule has 1 N–H and O–H groups in total. The molecule has 1 aliphatic rings. The van der Waals surface area contributed by atoms with Gasteiger partial charge in [0.05, 0.1) is 4.34 Å². The van der Waals surface area contributed by atoms with Crippen molar-refractivity contribution in [3.8, 4) is 0 Å². The van der Waals surface area contributed by atoms with Crippen LogP contribution in [-0.2, 0) is 12.8 Å². The summed E-state index contributed by atoms with van der Waals surface area (Å²) in [5, 5.41) is 10.3. The zero-order chi connectivity index (χ0) is 12.0. The molecule has 0 fully saturated rings. The molecule has 1 nitrogen and oxygen atoms in total. The molecule has 0 radical (unpaired) electrons. The smallest absolute Gasteiger partial charge is 0.122 e. The molecule has 0 amide bonds. The van der Waals surface area contributed by atoms with Crippen molar-refractivity contribution >= 4 is 34.3 Å². The molecule has 2 aromatic heterocycles. The second-order valence-corrected chi connectivity index (χ2v) is 7.31. The number of aryl methyl sites for hydroxylation is 3. The molecule has 17 heavy (non-hydrogen) atoms. The van der Waals surface area contributed by atoms with Crippen LogP contribution >= 0.6 is 34.3 Å². The third-order valence-corrected chi connectivity index (χ3v) is 6.08. The Bertz CT molecular complexity index is 515. The van der Waals surface area contributed by atoms with Gasteiger partial charge in [-0.15, -0.1) is 22.7 Å². The standard InChI is InChI=1S/C13H13ClOS2/c1-7-5-10(17-13(7)14)12(15)11-6-8-3-2-4-9(8)16-11/h5-6,12,15H,2-4H2,1H3. The van der Waals surface area contributed by atoms with Crippen LogP contribution in [0.5, 0.6) is 0 Å². The third kappa shape index (κ3) is 2.06. The zero-order valence-corrected chi connectivity index (χ0v) is 11.9. The zero-order valence-electron chi connectivity index (χ0n) is 9.50. The molecule has 4 heteroatoms. The normalized spacial score (nSPS) is 16.2. The molecule has 0 aliphatic heterocycles. The summed E-state index contributed by atoms with van der Waals surface area (Å²) in [7, 11) is 0. The van der Waals surface area contributed by atoms with E-state index >= 15 is 0 Å². The fourth-order valence-corrected chi connectivity index (χ4v) is 4.81. The van der Waals surface area contributed by atoms with E-state index in [-0.39, 0.29) is 0 Å². The molecule has 0 saturated carbocycles. The van der Waals surface area contributed by atoms with Gasteiger partial charge in [-0.1, -0.05) is 11.6 Å². The molecular weight excluding hydrogens is 272 g/mol. The lowest BCUT2D eigenvalue weighted by molar-refractivity contribution is 0.228. The molecule has 1 atom stereocenters. The quantitative estimate of drug-likeness (QED) is 0.870. The number of rotatable bonds is 2. The number of halogens is 1. The van der Waals surface area contributed by atoms with Crippen molar-refractivity contribution in [2.45, 2.75) is 32.3 Å². The minimum Gasteiger partial charge on any atom is -0.382 e. The topological polar surface area (TPSA) is 20.2 Å². The summed E-state index contributed by atoms with van der Waals surface area (Å²) < 4.78 is 0.781. The fraction of sp³-hybridized carbons (Fsp3) is 0.385. The highest BCUT2D eigenvalue weighted by Gasteiger charge is 2.21. The monoisotopic (exact) mass is 284 g/mol. The lowest BCUT2D eigenvalue weighted by Gasteiger charge is -2.05. The molecule has 3 rings (SSSR count). The highest BCUT2D eigenvalue weighted by Crippen LogP contribution is 2.39. The van der Waals surface area contributed by atoms with E-state index in [9.17, 15) is 5.11 Å². The van der Waals surface area contributed by atoms with Crippen LogP contribution in [0, 0.1) is 6.92 Å². The van der Waals surface area contributed by atoms with Crippen LogP contribution < -0.4 is 0 Å². The van der Waals surface area contributed by atoms with Crippen LogP contribution in [0.15, 0.2) is 12.1 Å². The van der Waals surface area contributed by atoms with Crippen LogP contribution in [0.3, 0.4) is 0 Å². The van der Waals surface area contributed by atoms with Gasteiger partial charge in [0.1, 0.15) is 6.10 Å². The Labute approximate surface area is 114 Å². The van der Waals surface area contributed by atoms with Crippen molar-refractivity contribution in [3.63, 3.8) is 0 Å². The minimum absolute atomic E-state index is 0.498. The predicted octanol–water partition coefficient (Wildman–Crippen LogP) is 4.34. The van der Waals surface area contributed by atoms with Gasteiger partial charge in [0.25, 0.3) is 0 Å². The second-order valence-electron chi connectivity index (χ2n) is 4.46. The van der Waals surface area contributed by atoms with Crippen LogP contribution in [0.2, 0.25) is 4.34 Å². The number of aliphatic hydroxyl groups excluding tert-OH is 1. The molecule has 2 heterocycles. The maximum absolute atomic E-state index is 10.3. The lowest BCUT2D eigenvalue weighted by Crippen LogP contribution is -1.93. The Balaban J connectivity index is 1.92. The van der Waals surface area contributed by atoms with Crippen LogP contribution in [-0.4, -0.2) is 5.11 Å². The van der Waals surface area contributed by atoms with Gasteiger partial charge in [0.15, 0.2) is 0 Å². The molecule has 0 saturated heterocycles. The first-order valence-corrected chi connectivity index (χ1v) is 7.71. The Hall–Kier alpha value is -0.350. The molecule has 0 aromatic carbocycles. The van der Waals surface area contributed by atoms with Crippen molar-refractivity contribution in [2.75, 3.05) is 0 Å². The van der Waals surface area contributed by atoms with Crippen molar-refractivity contribution in [3.05, 3.63) is 42.2 Å². The number of hydrogen-bond donors (Lipinski definition) is 1. The molecule has 90 valence electrons. The molecule has 0 spiro atoms. The van der Waals surface area contributed by atoms with E-state index in [0.29, 0.717) is 0 Å². The van der Waals surface area contributed by atoms with E-state index in [1.54, 1.807) is 11.3 Å². The fourth-order valence-electron chi connectivity index (χ4n) is 2.25. The summed E-state index contributed by atoms with van der Waals surface area (Å²) in [6.45, 7) is 1.98. The summed E-state index contributed by atoms with van der Waals surface area (Å²) in [4.78, 5) is 3.47. The first-order valence-electron chi connectivity index (χ1n) is 5.70. The number of fused-ring (bicyclic) bond motifs is 1. The lowest BCUT2D eigenvalue weighted by atomic mass is 10.2. The highest BCUT2D eigenvalue weighted by molar-refractivity contribution is 7.17. The van der Waals surface area contributed by atoms with E-state index in [0.717, 1.165) is 19.7 Å². The first-order chi connectivity index (χ1) is 8.15. The maximum atomic E-state index is 10.3. The van der Waals surface area contributed by atoms with E-state index < -0.39 is 6.10 Å². The van der Waals surface area contributed by atoms with Crippen molar-refractivity contribution in [2.24, 2.45) is 0 Å². The minimum atomic E-state index is -0.498. The largest absolute Gasteiger partial charge is 0.382 e. The Morgan fingerprint density at radius 3 is 2.65 bits per heavy atom. The van der Waals surface area contributed by atoms with Gasteiger partial charge >= 0.3 is 0 Å². The predicted molar refractivity (Wildman–Crippen MR) is 74.5 cm³/mol. The van der Waals surface area contributed by atoms with Crippen LogP contribution in [0.1, 0.15) is 38.3 Å². The van der Waals surface area contributed by atoms with Crippen LogP contribution in [0.25, 0.3) is 0 Å². The number of aliphatic hydroxyl groups is 1. The van der Waals surface area contributed by atoms with Gasteiger partial charge < -0.3 is 5.11 Å². The van der Waals surface area contributed by atoms with Gasteiger partial charge in [0, 0.05) is 14.6 Å². The van der Waals surface area contributed by atoms with Gasteiger partial charge in [0.2, 0.25) is 0 Å². The summed E-state index contributed by atoms with van der Waals surface area (Å²) >= 11 is 9.28. The van der Waals surface area contributed by atoms with E-state index in [1.807, 2.05) is 13.0 Å². The Morgan fingerprint density at radius 1 is 1.24 bits per heavy atom. The van der Waals surface area contributed by atoms with Crippen molar-refractivity contribution in [1.82, 2.24) is 0 Å². The Morgan fingerprint density at radius 2 is 2.00 bits per heavy atom. The summed E-state index contributed by atoms with van der Waals surface area (Å²) in [6.07, 6.45) is 3.11. The van der Waals surface area contributed by atoms with Crippen LogP contribution in [0.4, 0.5) is 0 Å². The maximum Gasteiger partial charge on any atom is 0.122 e. The SMILES string of the molecule is Cc1cc(C(O)c2cc3c(s2)CCC3)sc1Cl. The molecule has 1 aliphatic carbocycles. The first kappa shape index (κ1) is 11.7. The molecule has 1 unspecified atom stereocenters. The van der Waals surface area contributed by atoms with Gasteiger partial charge in [-0.3, -0.25) is 0 Å². The number of hydrogen-bond acceptors (Lipinski definition) is 3. The van der Waals surface area contributed by atoms with E-state index in [4.69, 9.17) is 11.6 Å². The average Bonchev–Trinajstić information content (AvgIpc) is 2.92. The van der Waals surface area contributed by atoms with Gasteiger partial charge in [-0.05, 0) is 49.4 Å². The molecular formula is C13H13ClOS2. The third-order valence-electron chi connectivity index (χ3n) is 3.18. The highest BCUT2D eigenvalue weighted by atomic mass is 35.5. The average molecular weight is 285 g/mol. The Kier molecular flexibility index (Phi) is 3.03. The van der Waals surface area contributed by atoms with Gasteiger partial charge in [-0.25, -0.2) is 0 Å². The van der Waals surface area contributed by atoms with E-state index in [2.05, 4.69) is 6.07 Å². The summed E-state index contributed by atoms with van der Waals surface area (Å²) in [6, 6.07) is 4.16. The number of thiophene rings is 2. The van der Waals surface area contributed by atoms with Gasteiger partial charge in [-0.2, -0.15) is 0 Å². The summed E-state index contributed by atoms with van der Waals surface area (Å²) in [5.41, 5.74) is 2.48. The van der Waals surface area contributed by atoms with Crippen molar-refractivity contribution in [1.29, 1.82) is 0 Å².